The molecule has 0 aliphatic heterocycles. The Hall–Kier alpha value is -2.47. The molecule has 0 aliphatic carbocycles. The van der Waals surface area contributed by atoms with Crippen molar-refractivity contribution in [2.45, 2.75) is 6.92 Å². The number of carbonyl (C=O) groups is 2. The monoisotopic (exact) mass is 287 g/mol. The highest BCUT2D eigenvalue weighted by Crippen LogP contribution is 2.03. The van der Waals surface area contributed by atoms with Gasteiger partial charge in [0, 0.05) is 11.8 Å². The number of hydrazine groups is 1. The fourth-order valence-corrected chi connectivity index (χ4v) is 1.79. The van der Waals surface area contributed by atoms with Crippen molar-refractivity contribution < 1.29 is 9.59 Å². The molecule has 0 radical (unpaired) electrons. The van der Waals surface area contributed by atoms with Crippen molar-refractivity contribution in [3.05, 3.63) is 63.9 Å². The number of carbonyl (C=O) groups excluding carboxylic acids is 2. The largest absolute Gasteiger partial charge is 0.352 e. The average molecular weight is 287 g/mol. The van der Waals surface area contributed by atoms with Gasteiger partial charge in [-0.1, -0.05) is 29.9 Å². The van der Waals surface area contributed by atoms with Gasteiger partial charge in [-0.3, -0.25) is 20.4 Å². The Bertz CT molecular complexity index is 692. The van der Waals surface area contributed by atoms with Gasteiger partial charge in [0.15, 0.2) is 0 Å². The summed E-state index contributed by atoms with van der Waals surface area (Å²) in [5.74, 6) is -0.850. The molecule has 1 heterocycles. The van der Waals surface area contributed by atoms with Crippen LogP contribution in [0.25, 0.3) is 0 Å². The zero-order chi connectivity index (χ0) is 14.5. The third-order valence-electron chi connectivity index (χ3n) is 2.67. The Morgan fingerprint density at radius 2 is 1.70 bits per heavy atom. The Morgan fingerprint density at radius 1 is 1.05 bits per heavy atom. The van der Waals surface area contributed by atoms with Crippen LogP contribution in [0.2, 0.25) is 0 Å². The van der Waals surface area contributed by atoms with E-state index in [1.54, 1.807) is 30.5 Å². The van der Waals surface area contributed by atoms with Crippen LogP contribution in [0.15, 0.2) is 42.6 Å². The summed E-state index contributed by atoms with van der Waals surface area (Å²) in [6, 6.07) is 10.3. The third-order valence-corrected chi connectivity index (χ3v) is 3.00. The second kappa shape index (κ2) is 6.12. The van der Waals surface area contributed by atoms with Crippen molar-refractivity contribution in [2.24, 2.45) is 0 Å². The van der Waals surface area contributed by atoms with Gasteiger partial charge in [-0.25, -0.2) is 0 Å². The molecule has 20 heavy (non-hydrogen) atoms. The van der Waals surface area contributed by atoms with Crippen molar-refractivity contribution >= 4 is 24.0 Å². The number of H-pyrrole nitrogens is 1. The second-order valence-electron chi connectivity index (χ2n) is 4.19. The van der Waals surface area contributed by atoms with Gasteiger partial charge in [0.05, 0.1) is 5.56 Å². The molecule has 1 aromatic carbocycles. The van der Waals surface area contributed by atoms with Crippen LogP contribution >= 0.6 is 12.2 Å². The summed E-state index contributed by atoms with van der Waals surface area (Å²) in [7, 11) is 0. The number of amides is 2. The van der Waals surface area contributed by atoms with Gasteiger partial charge in [0.1, 0.15) is 4.64 Å². The summed E-state index contributed by atoms with van der Waals surface area (Å²) in [4.78, 5) is 26.4. The Labute approximate surface area is 121 Å². The maximum atomic E-state index is 11.8. The maximum absolute atomic E-state index is 11.8. The molecule has 1 aromatic heterocycles. The summed E-state index contributed by atoms with van der Waals surface area (Å²) in [6.45, 7) is 1.93. The Balaban J connectivity index is 2.00. The van der Waals surface area contributed by atoms with Crippen molar-refractivity contribution in [1.29, 1.82) is 0 Å². The summed E-state index contributed by atoms with van der Waals surface area (Å²) in [5, 5.41) is 0. The minimum atomic E-state index is -0.465. The lowest BCUT2D eigenvalue weighted by molar-refractivity contribution is 0.0846. The zero-order valence-corrected chi connectivity index (χ0v) is 11.6. The molecule has 102 valence electrons. The first-order valence-electron chi connectivity index (χ1n) is 5.93. The number of pyridine rings is 1. The average Bonchev–Trinajstić information content (AvgIpc) is 2.45. The van der Waals surface area contributed by atoms with Crippen molar-refractivity contribution in [3.63, 3.8) is 0 Å². The molecular formula is C14H13N3O2S. The molecule has 5 nitrogen and oxygen atoms in total. The normalized spacial score (nSPS) is 9.85. The SMILES string of the molecule is Cc1ccc(C(=O)NNC(=O)c2ccc[nH]c2=S)cc1. The highest BCUT2D eigenvalue weighted by Gasteiger charge is 2.09. The molecule has 0 saturated heterocycles. The highest BCUT2D eigenvalue weighted by atomic mass is 32.1. The number of nitrogens with one attached hydrogen (secondary N) is 3. The zero-order valence-electron chi connectivity index (χ0n) is 10.8. The van der Waals surface area contributed by atoms with E-state index in [2.05, 4.69) is 15.8 Å². The highest BCUT2D eigenvalue weighted by molar-refractivity contribution is 7.71. The van der Waals surface area contributed by atoms with E-state index < -0.39 is 5.91 Å². The number of hydrogen-bond acceptors (Lipinski definition) is 3. The topological polar surface area (TPSA) is 74.0 Å². The van der Waals surface area contributed by atoms with Crippen LogP contribution in [-0.2, 0) is 0 Å². The first-order chi connectivity index (χ1) is 9.58. The second-order valence-corrected chi connectivity index (χ2v) is 4.60. The Morgan fingerprint density at radius 3 is 2.35 bits per heavy atom. The molecule has 0 fully saturated rings. The molecule has 0 spiro atoms. The van der Waals surface area contributed by atoms with Gasteiger partial charge in [-0.05, 0) is 31.2 Å². The molecule has 0 aliphatic rings. The molecule has 0 bridgehead atoms. The number of aromatic nitrogens is 1. The van der Waals surface area contributed by atoms with Crippen LogP contribution in [0.1, 0.15) is 26.3 Å². The summed E-state index contributed by atoms with van der Waals surface area (Å²) in [5.41, 5.74) is 6.49. The quantitative estimate of drug-likeness (QED) is 0.585. The van der Waals surface area contributed by atoms with E-state index in [1.807, 2.05) is 19.1 Å². The molecule has 2 aromatic rings. The summed E-state index contributed by atoms with van der Waals surface area (Å²) >= 11 is 4.99. The summed E-state index contributed by atoms with van der Waals surface area (Å²) < 4.78 is 0.314. The molecule has 0 unspecified atom stereocenters. The van der Waals surface area contributed by atoms with Crippen LogP contribution in [0.5, 0.6) is 0 Å². The summed E-state index contributed by atoms with van der Waals surface area (Å²) in [6.07, 6.45) is 1.63. The lowest BCUT2D eigenvalue weighted by Gasteiger charge is -2.07. The first kappa shape index (κ1) is 14.0. The lowest BCUT2D eigenvalue weighted by Crippen LogP contribution is -2.41. The molecule has 0 atom stereocenters. The molecule has 3 N–H and O–H groups in total. The standard InChI is InChI=1S/C14H13N3O2S/c1-9-4-6-10(7-5-9)12(18)16-17-13(19)11-3-2-8-15-14(11)20/h2-8H,1H3,(H,15,20)(H,16,18)(H,17,19). The first-order valence-corrected chi connectivity index (χ1v) is 6.34. The van der Waals surface area contributed by atoms with Crippen molar-refractivity contribution in [2.75, 3.05) is 0 Å². The minimum Gasteiger partial charge on any atom is -0.352 e. The van der Waals surface area contributed by atoms with Crippen LogP contribution < -0.4 is 10.9 Å². The van der Waals surface area contributed by atoms with Crippen molar-refractivity contribution in [3.8, 4) is 0 Å². The minimum absolute atomic E-state index is 0.298. The number of benzene rings is 1. The van der Waals surface area contributed by atoms with E-state index in [0.717, 1.165) is 5.56 Å². The smallest absolute Gasteiger partial charge is 0.272 e. The van der Waals surface area contributed by atoms with E-state index >= 15 is 0 Å². The predicted octanol–water partition coefficient (Wildman–Crippen LogP) is 2.13. The van der Waals surface area contributed by atoms with E-state index in [4.69, 9.17) is 12.2 Å². The fourth-order valence-electron chi connectivity index (χ4n) is 1.56. The molecular weight excluding hydrogens is 274 g/mol. The van der Waals surface area contributed by atoms with Crippen LogP contribution in [0.3, 0.4) is 0 Å². The van der Waals surface area contributed by atoms with E-state index in [9.17, 15) is 9.59 Å². The molecule has 2 rings (SSSR count). The van der Waals surface area contributed by atoms with Crippen LogP contribution in [0, 0.1) is 11.6 Å². The van der Waals surface area contributed by atoms with Crippen LogP contribution in [-0.4, -0.2) is 16.8 Å². The van der Waals surface area contributed by atoms with E-state index in [1.165, 1.54) is 0 Å². The van der Waals surface area contributed by atoms with Gasteiger partial charge < -0.3 is 4.98 Å². The van der Waals surface area contributed by atoms with E-state index in [0.29, 0.717) is 15.8 Å². The molecule has 0 saturated carbocycles. The van der Waals surface area contributed by atoms with Gasteiger partial charge >= 0.3 is 0 Å². The maximum Gasteiger partial charge on any atom is 0.272 e. The number of hydrogen-bond donors (Lipinski definition) is 3. The predicted molar refractivity (Wildman–Crippen MR) is 77.7 cm³/mol. The Kier molecular flexibility index (Phi) is 4.27. The van der Waals surface area contributed by atoms with Gasteiger partial charge in [-0.2, -0.15) is 0 Å². The van der Waals surface area contributed by atoms with Gasteiger partial charge in [0.25, 0.3) is 11.8 Å². The van der Waals surface area contributed by atoms with Gasteiger partial charge in [-0.15, -0.1) is 0 Å². The van der Waals surface area contributed by atoms with E-state index in [-0.39, 0.29) is 5.91 Å². The third kappa shape index (κ3) is 3.30. The molecule has 6 heteroatoms. The number of rotatable bonds is 2. The molecule has 2 amide bonds. The lowest BCUT2D eigenvalue weighted by atomic mass is 10.1. The number of aryl methyl sites for hydroxylation is 1. The van der Waals surface area contributed by atoms with Gasteiger partial charge in [0.2, 0.25) is 0 Å². The van der Waals surface area contributed by atoms with Crippen LogP contribution in [0.4, 0.5) is 0 Å². The fraction of sp³-hybridized carbons (Fsp3) is 0.0714. The number of aromatic amines is 1. The van der Waals surface area contributed by atoms with Crippen molar-refractivity contribution in [1.82, 2.24) is 15.8 Å².